The first-order chi connectivity index (χ1) is 18.7. The van der Waals surface area contributed by atoms with Crippen LogP contribution in [-0.4, -0.2) is 46.0 Å². The van der Waals surface area contributed by atoms with Gasteiger partial charge in [-0.3, -0.25) is 9.59 Å². The van der Waals surface area contributed by atoms with E-state index in [2.05, 4.69) is 15.5 Å². The molecular formula is C30H29N5O3S. The molecule has 39 heavy (non-hydrogen) atoms. The van der Waals surface area contributed by atoms with Gasteiger partial charge in [0.25, 0.3) is 5.91 Å². The SMILES string of the molecule is CN(C)C(=O)c1ccc(-c2ccc3c(n2)Oc2ccccc2[C@@H]3C(C)(C)C(=O)Nc2nnc(C3CC3)s2)cc1. The van der Waals surface area contributed by atoms with Crippen LogP contribution in [0.1, 0.15) is 65.0 Å². The van der Waals surface area contributed by atoms with Crippen molar-refractivity contribution in [1.82, 2.24) is 20.1 Å². The van der Waals surface area contributed by atoms with Gasteiger partial charge in [-0.1, -0.05) is 61.6 Å². The van der Waals surface area contributed by atoms with Crippen molar-refractivity contribution in [2.24, 2.45) is 5.41 Å². The number of hydrogen-bond donors (Lipinski definition) is 1. The number of fused-ring (bicyclic) bond motifs is 2. The van der Waals surface area contributed by atoms with E-state index >= 15 is 0 Å². The number of carbonyl (C=O) groups excluding carboxylic acids is 2. The first-order valence-electron chi connectivity index (χ1n) is 13.0. The maximum Gasteiger partial charge on any atom is 0.253 e. The molecule has 1 N–H and O–H groups in total. The van der Waals surface area contributed by atoms with Crippen molar-refractivity contribution < 1.29 is 14.3 Å². The summed E-state index contributed by atoms with van der Waals surface area (Å²) in [5.74, 6) is 1.14. The zero-order valence-corrected chi connectivity index (χ0v) is 23.1. The highest BCUT2D eigenvalue weighted by atomic mass is 32.1. The lowest BCUT2D eigenvalue weighted by Crippen LogP contribution is -2.38. The Kier molecular flexibility index (Phi) is 6.18. The molecule has 6 rings (SSSR count). The molecule has 1 aliphatic heterocycles. The maximum absolute atomic E-state index is 13.7. The molecule has 1 fully saturated rings. The van der Waals surface area contributed by atoms with Crippen molar-refractivity contribution in [1.29, 1.82) is 0 Å². The number of pyridine rings is 1. The first-order valence-corrected chi connectivity index (χ1v) is 13.8. The average molecular weight is 540 g/mol. The second-order valence-corrected chi connectivity index (χ2v) is 11.8. The number of ether oxygens (including phenoxy) is 1. The lowest BCUT2D eigenvalue weighted by Gasteiger charge is -2.37. The third kappa shape index (κ3) is 4.67. The predicted molar refractivity (Wildman–Crippen MR) is 150 cm³/mol. The van der Waals surface area contributed by atoms with Gasteiger partial charge in [-0.25, -0.2) is 4.98 Å². The van der Waals surface area contributed by atoms with E-state index in [9.17, 15) is 9.59 Å². The van der Waals surface area contributed by atoms with Gasteiger partial charge >= 0.3 is 0 Å². The summed E-state index contributed by atoms with van der Waals surface area (Å²) in [7, 11) is 3.46. The normalized spacial score (nSPS) is 16.1. The molecule has 9 heteroatoms. The molecule has 2 aliphatic rings. The number of rotatable bonds is 6. The number of nitrogens with one attached hydrogen (secondary N) is 1. The second kappa shape index (κ2) is 9.57. The number of benzene rings is 2. The Hall–Kier alpha value is -4.11. The van der Waals surface area contributed by atoms with E-state index in [4.69, 9.17) is 9.72 Å². The van der Waals surface area contributed by atoms with Crippen molar-refractivity contribution in [3.05, 3.63) is 82.4 Å². The smallest absolute Gasteiger partial charge is 0.253 e. The Bertz CT molecular complexity index is 1570. The highest BCUT2D eigenvalue weighted by Crippen LogP contribution is 2.52. The van der Waals surface area contributed by atoms with Crippen LogP contribution in [0.2, 0.25) is 0 Å². The van der Waals surface area contributed by atoms with Gasteiger partial charge in [0, 0.05) is 48.2 Å². The lowest BCUT2D eigenvalue weighted by atomic mass is 9.69. The molecule has 0 spiro atoms. The zero-order chi connectivity index (χ0) is 27.3. The van der Waals surface area contributed by atoms with Crippen LogP contribution in [0.3, 0.4) is 0 Å². The van der Waals surface area contributed by atoms with Gasteiger partial charge in [-0.15, -0.1) is 10.2 Å². The van der Waals surface area contributed by atoms with Crippen molar-refractivity contribution in [2.45, 2.75) is 38.5 Å². The third-order valence-corrected chi connectivity index (χ3v) is 8.37. The molecule has 1 saturated carbocycles. The fourth-order valence-electron chi connectivity index (χ4n) is 4.99. The van der Waals surface area contributed by atoms with Crippen LogP contribution in [0.25, 0.3) is 11.3 Å². The van der Waals surface area contributed by atoms with Crippen molar-refractivity contribution >= 4 is 28.3 Å². The topological polar surface area (TPSA) is 97.3 Å². The molecule has 1 aliphatic carbocycles. The number of carbonyl (C=O) groups is 2. The summed E-state index contributed by atoms with van der Waals surface area (Å²) < 4.78 is 6.27. The molecule has 2 aromatic carbocycles. The van der Waals surface area contributed by atoms with Crippen LogP contribution in [0, 0.1) is 5.41 Å². The summed E-state index contributed by atoms with van der Waals surface area (Å²) in [5.41, 5.74) is 3.12. The highest BCUT2D eigenvalue weighted by molar-refractivity contribution is 7.15. The summed E-state index contributed by atoms with van der Waals surface area (Å²) in [6.45, 7) is 3.88. The molecule has 2 amide bonds. The molecule has 0 bridgehead atoms. The van der Waals surface area contributed by atoms with Crippen molar-refractivity contribution in [2.75, 3.05) is 19.4 Å². The Morgan fingerprint density at radius 2 is 1.72 bits per heavy atom. The van der Waals surface area contributed by atoms with Crippen LogP contribution in [0.5, 0.6) is 11.6 Å². The van der Waals surface area contributed by atoms with Gasteiger partial charge < -0.3 is 15.0 Å². The van der Waals surface area contributed by atoms with E-state index in [0.717, 1.165) is 40.2 Å². The van der Waals surface area contributed by atoms with Gasteiger partial charge in [0.15, 0.2) is 0 Å². The Morgan fingerprint density at radius 1 is 0.974 bits per heavy atom. The minimum Gasteiger partial charge on any atom is -0.438 e. The Morgan fingerprint density at radius 3 is 2.44 bits per heavy atom. The Balaban J connectivity index is 1.33. The van der Waals surface area contributed by atoms with E-state index in [0.29, 0.717) is 28.2 Å². The van der Waals surface area contributed by atoms with Crippen LogP contribution >= 0.6 is 11.3 Å². The number of amides is 2. The standard InChI is InChI=1S/C30H29N5O3S/c1-30(2,28(37)32-29-34-33-26(39-29)18-11-12-18)24-20-7-5-6-8-23(20)38-25-21(24)15-16-22(31-25)17-9-13-19(14-10-17)27(36)35(3)4/h5-10,13-16,18,24H,11-12H2,1-4H3,(H,32,34,37)/t24-/m0/s1. The number of nitrogens with zero attached hydrogens (tertiary/aromatic N) is 4. The molecule has 0 saturated heterocycles. The summed E-state index contributed by atoms with van der Waals surface area (Å²) in [5, 5.41) is 13.0. The van der Waals surface area contributed by atoms with Crippen LogP contribution < -0.4 is 10.1 Å². The molecule has 4 aromatic rings. The lowest BCUT2D eigenvalue weighted by molar-refractivity contribution is -0.124. The minimum absolute atomic E-state index is 0.0551. The molecule has 198 valence electrons. The van der Waals surface area contributed by atoms with Gasteiger partial charge in [-0.05, 0) is 37.1 Å². The van der Waals surface area contributed by atoms with E-state index in [1.54, 1.807) is 31.1 Å². The number of aromatic nitrogens is 3. The number of anilines is 1. The first kappa shape index (κ1) is 25.2. The van der Waals surface area contributed by atoms with Crippen LogP contribution in [0.15, 0.2) is 60.7 Å². The molecule has 3 heterocycles. The van der Waals surface area contributed by atoms with E-state index in [-0.39, 0.29) is 17.7 Å². The fraction of sp³-hybridized carbons (Fsp3) is 0.300. The molecule has 1 atom stereocenters. The minimum atomic E-state index is -0.850. The van der Waals surface area contributed by atoms with Crippen LogP contribution in [-0.2, 0) is 4.79 Å². The second-order valence-electron chi connectivity index (χ2n) is 10.8. The molecule has 8 nitrogen and oxygen atoms in total. The predicted octanol–water partition coefficient (Wildman–Crippen LogP) is 6.08. The van der Waals surface area contributed by atoms with Crippen LogP contribution in [0.4, 0.5) is 5.13 Å². The summed E-state index contributed by atoms with van der Waals surface area (Å²) in [6, 6.07) is 19.1. The van der Waals surface area contributed by atoms with Gasteiger partial charge in [0.1, 0.15) is 10.8 Å². The zero-order valence-electron chi connectivity index (χ0n) is 22.3. The molecule has 2 aromatic heterocycles. The molecular weight excluding hydrogens is 510 g/mol. The third-order valence-electron chi connectivity index (χ3n) is 7.37. The van der Waals surface area contributed by atoms with Gasteiger partial charge in [0.05, 0.1) is 11.1 Å². The molecule has 0 unspecified atom stereocenters. The Labute approximate surface area is 231 Å². The fourth-order valence-corrected chi connectivity index (χ4v) is 5.89. The summed E-state index contributed by atoms with van der Waals surface area (Å²) >= 11 is 1.45. The number of para-hydroxylation sites is 1. The van der Waals surface area contributed by atoms with Crippen molar-refractivity contribution in [3.8, 4) is 22.9 Å². The molecule has 0 radical (unpaired) electrons. The van der Waals surface area contributed by atoms with E-state index < -0.39 is 5.41 Å². The average Bonchev–Trinajstić information content (AvgIpc) is 3.69. The summed E-state index contributed by atoms with van der Waals surface area (Å²) in [6.07, 6.45) is 2.27. The quantitative estimate of drug-likeness (QED) is 0.319. The van der Waals surface area contributed by atoms with Gasteiger partial charge in [0.2, 0.25) is 16.9 Å². The number of hydrogen-bond acceptors (Lipinski definition) is 7. The summed E-state index contributed by atoms with van der Waals surface area (Å²) in [4.78, 5) is 32.4. The van der Waals surface area contributed by atoms with E-state index in [1.165, 1.54) is 11.3 Å². The monoisotopic (exact) mass is 539 g/mol. The highest BCUT2D eigenvalue weighted by Gasteiger charge is 2.44. The van der Waals surface area contributed by atoms with E-state index in [1.807, 2.05) is 62.4 Å². The largest absolute Gasteiger partial charge is 0.438 e. The van der Waals surface area contributed by atoms with Crippen molar-refractivity contribution in [3.63, 3.8) is 0 Å². The van der Waals surface area contributed by atoms with Gasteiger partial charge in [-0.2, -0.15) is 0 Å². The maximum atomic E-state index is 13.7.